The van der Waals surface area contributed by atoms with Crippen LogP contribution in [0, 0.1) is 5.82 Å². The molecule has 1 fully saturated rings. The average molecular weight is 265 g/mol. The minimum Gasteiger partial charge on any atom is -0.399 e. The topological polar surface area (TPSA) is 32.5 Å². The van der Waals surface area contributed by atoms with Crippen LogP contribution < -0.4 is 5.73 Å². The summed E-state index contributed by atoms with van der Waals surface area (Å²) >= 11 is 0. The van der Waals surface area contributed by atoms with Crippen molar-refractivity contribution >= 4 is 5.69 Å². The second-order valence-electron chi connectivity index (χ2n) is 6.33. The summed E-state index contributed by atoms with van der Waals surface area (Å²) in [4.78, 5) is 4.85. The van der Waals surface area contributed by atoms with Crippen LogP contribution in [0.4, 0.5) is 10.1 Å². The van der Waals surface area contributed by atoms with Crippen molar-refractivity contribution in [3.8, 4) is 0 Å². The van der Waals surface area contributed by atoms with Gasteiger partial charge in [0, 0.05) is 44.0 Å². The van der Waals surface area contributed by atoms with Gasteiger partial charge in [-0.3, -0.25) is 9.80 Å². The van der Waals surface area contributed by atoms with E-state index in [1.54, 1.807) is 6.07 Å². The summed E-state index contributed by atoms with van der Waals surface area (Å²) in [6.07, 6.45) is 0. The summed E-state index contributed by atoms with van der Waals surface area (Å²) in [5.41, 5.74) is 7.37. The zero-order chi connectivity index (χ0) is 14.0. The van der Waals surface area contributed by atoms with Crippen LogP contribution in [0.15, 0.2) is 18.2 Å². The number of benzene rings is 1. The van der Waals surface area contributed by atoms with E-state index in [2.05, 4.69) is 30.6 Å². The van der Waals surface area contributed by atoms with Crippen LogP contribution in [0.1, 0.15) is 26.3 Å². The maximum absolute atomic E-state index is 13.3. The molecule has 106 valence electrons. The number of hydrogen-bond acceptors (Lipinski definition) is 3. The molecule has 0 aromatic heterocycles. The number of rotatable bonds is 2. The lowest BCUT2D eigenvalue weighted by molar-refractivity contribution is 0.0591. The molecule has 0 atom stereocenters. The highest BCUT2D eigenvalue weighted by Crippen LogP contribution is 2.18. The Morgan fingerprint density at radius 3 is 2.26 bits per heavy atom. The highest BCUT2D eigenvalue weighted by atomic mass is 19.1. The second-order valence-corrected chi connectivity index (χ2v) is 6.33. The molecule has 1 saturated heterocycles. The van der Waals surface area contributed by atoms with Gasteiger partial charge in [-0.2, -0.15) is 0 Å². The molecule has 2 N–H and O–H groups in total. The standard InChI is InChI=1S/C15H24FN3/c1-15(2,3)19-6-4-18(5-7-19)11-12-8-13(16)10-14(17)9-12/h8-10H,4-7,11,17H2,1-3H3. The smallest absolute Gasteiger partial charge is 0.125 e. The number of nitrogen functional groups attached to an aromatic ring is 1. The largest absolute Gasteiger partial charge is 0.399 e. The average Bonchev–Trinajstić information content (AvgIpc) is 2.26. The summed E-state index contributed by atoms with van der Waals surface area (Å²) in [7, 11) is 0. The highest BCUT2D eigenvalue weighted by Gasteiger charge is 2.25. The maximum atomic E-state index is 13.3. The van der Waals surface area contributed by atoms with E-state index >= 15 is 0 Å². The molecule has 0 spiro atoms. The molecule has 1 aromatic rings. The van der Waals surface area contributed by atoms with Crippen molar-refractivity contribution in [3.05, 3.63) is 29.6 Å². The monoisotopic (exact) mass is 265 g/mol. The van der Waals surface area contributed by atoms with Crippen molar-refractivity contribution in [1.29, 1.82) is 0 Å². The van der Waals surface area contributed by atoms with E-state index in [4.69, 9.17) is 5.73 Å². The lowest BCUT2D eigenvalue weighted by Gasteiger charge is -2.42. The molecular formula is C15H24FN3. The molecule has 3 nitrogen and oxygen atoms in total. The van der Waals surface area contributed by atoms with Gasteiger partial charge < -0.3 is 5.73 Å². The van der Waals surface area contributed by atoms with Gasteiger partial charge in [-0.05, 0) is 44.5 Å². The summed E-state index contributed by atoms with van der Waals surface area (Å²) in [5.74, 6) is -0.247. The SMILES string of the molecule is CC(C)(C)N1CCN(Cc2cc(N)cc(F)c2)CC1. The second kappa shape index (κ2) is 5.47. The molecule has 1 aromatic carbocycles. The van der Waals surface area contributed by atoms with Gasteiger partial charge in [0.1, 0.15) is 5.82 Å². The van der Waals surface area contributed by atoms with Gasteiger partial charge >= 0.3 is 0 Å². The fourth-order valence-corrected chi connectivity index (χ4v) is 2.60. The van der Waals surface area contributed by atoms with Gasteiger partial charge in [0.25, 0.3) is 0 Å². The fraction of sp³-hybridized carbons (Fsp3) is 0.600. The van der Waals surface area contributed by atoms with E-state index in [1.165, 1.54) is 6.07 Å². The van der Waals surface area contributed by atoms with Crippen molar-refractivity contribution in [2.24, 2.45) is 0 Å². The fourth-order valence-electron chi connectivity index (χ4n) is 2.60. The Bertz CT molecular complexity index is 411. The minimum absolute atomic E-state index is 0.232. The van der Waals surface area contributed by atoms with Crippen molar-refractivity contribution in [2.75, 3.05) is 31.9 Å². The van der Waals surface area contributed by atoms with E-state index in [0.29, 0.717) is 5.69 Å². The van der Waals surface area contributed by atoms with Crippen LogP contribution in [0.2, 0.25) is 0 Å². The van der Waals surface area contributed by atoms with E-state index in [-0.39, 0.29) is 11.4 Å². The normalized spacial score (nSPS) is 18.7. The molecule has 1 aliphatic rings. The Hall–Kier alpha value is -1.13. The number of piperazine rings is 1. The first-order valence-corrected chi connectivity index (χ1v) is 6.87. The molecular weight excluding hydrogens is 241 g/mol. The molecule has 1 aliphatic heterocycles. The van der Waals surface area contributed by atoms with Crippen LogP contribution in [0.5, 0.6) is 0 Å². The summed E-state index contributed by atoms with van der Waals surface area (Å²) in [6.45, 7) is 11.7. The van der Waals surface area contributed by atoms with Crippen molar-refractivity contribution < 1.29 is 4.39 Å². The van der Waals surface area contributed by atoms with Crippen LogP contribution in [0.25, 0.3) is 0 Å². The predicted octanol–water partition coefficient (Wildman–Crippen LogP) is 2.32. The van der Waals surface area contributed by atoms with Crippen molar-refractivity contribution in [3.63, 3.8) is 0 Å². The molecule has 0 aliphatic carbocycles. The molecule has 1 heterocycles. The molecule has 19 heavy (non-hydrogen) atoms. The van der Waals surface area contributed by atoms with Gasteiger partial charge in [-0.15, -0.1) is 0 Å². The van der Waals surface area contributed by atoms with Crippen molar-refractivity contribution in [1.82, 2.24) is 9.80 Å². The minimum atomic E-state index is -0.247. The third-order valence-electron chi connectivity index (χ3n) is 3.71. The first kappa shape index (κ1) is 14.3. The number of anilines is 1. The van der Waals surface area contributed by atoms with Crippen LogP contribution in [-0.2, 0) is 6.54 Å². The molecule has 0 amide bonds. The van der Waals surface area contributed by atoms with Gasteiger partial charge in [0.15, 0.2) is 0 Å². The van der Waals surface area contributed by atoms with Gasteiger partial charge in [0.2, 0.25) is 0 Å². The number of nitrogens with two attached hydrogens (primary N) is 1. The lowest BCUT2D eigenvalue weighted by Crippen LogP contribution is -2.53. The van der Waals surface area contributed by atoms with E-state index in [0.717, 1.165) is 38.3 Å². The number of hydrogen-bond donors (Lipinski definition) is 1. The Balaban J connectivity index is 1.92. The van der Waals surface area contributed by atoms with Crippen LogP contribution in [-0.4, -0.2) is 41.5 Å². The van der Waals surface area contributed by atoms with Gasteiger partial charge in [-0.25, -0.2) is 4.39 Å². The molecule has 4 heteroatoms. The number of halogens is 1. The zero-order valence-corrected chi connectivity index (χ0v) is 12.1. The van der Waals surface area contributed by atoms with E-state index in [1.807, 2.05) is 6.07 Å². The maximum Gasteiger partial charge on any atom is 0.125 e. The first-order chi connectivity index (χ1) is 8.84. The third kappa shape index (κ3) is 3.91. The third-order valence-corrected chi connectivity index (χ3v) is 3.71. The first-order valence-electron chi connectivity index (χ1n) is 6.87. The van der Waals surface area contributed by atoms with Gasteiger partial charge in [-0.1, -0.05) is 0 Å². The Labute approximate surface area is 115 Å². The summed E-state index contributed by atoms with van der Waals surface area (Å²) in [5, 5.41) is 0. The molecule has 0 unspecified atom stereocenters. The molecule has 0 bridgehead atoms. The Kier molecular flexibility index (Phi) is 4.11. The van der Waals surface area contributed by atoms with E-state index < -0.39 is 0 Å². The van der Waals surface area contributed by atoms with Crippen molar-refractivity contribution in [2.45, 2.75) is 32.9 Å². The number of nitrogens with zero attached hydrogens (tertiary/aromatic N) is 2. The van der Waals surface area contributed by atoms with Gasteiger partial charge in [0.05, 0.1) is 0 Å². The van der Waals surface area contributed by atoms with E-state index in [9.17, 15) is 4.39 Å². The molecule has 2 rings (SSSR count). The Morgan fingerprint density at radius 2 is 1.74 bits per heavy atom. The quantitative estimate of drug-likeness (QED) is 0.833. The van der Waals surface area contributed by atoms with Crippen LogP contribution >= 0.6 is 0 Å². The summed E-state index contributed by atoms with van der Waals surface area (Å²) in [6, 6.07) is 4.80. The summed E-state index contributed by atoms with van der Waals surface area (Å²) < 4.78 is 13.3. The highest BCUT2D eigenvalue weighted by molar-refractivity contribution is 5.41. The molecule has 0 saturated carbocycles. The lowest BCUT2D eigenvalue weighted by atomic mass is 10.0. The molecule has 0 radical (unpaired) electrons. The zero-order valence-electron chi connectivity index (χ0n) is 12.1. The Morgan fingerprint density at radius 1 is 1.11 bits per heavy atom. The predicted molar refractivity (Wildman–Crippen MR) is 77.4 cm³/mol. The van der Waals surface area contributed by atoms with Crippen LogP contribution in [0.3, 0.4) is 0 Å².